The Morgan fingerprint density at radius 1 is 1.27 bits per heavy atom. The molecule has 0 aliphatic carbocycles. The van der Waals surface area contributed by atoms with Gasteiger partial charge < -0.3 is 10.1 Å². The van der Waals surface area contributed by atoms with E-state index in [9.17, 15) is 10.1 Å². The van der Waals surface area contributed by atoms with Crippen molar-refractivity contribution in [1.29, 1.82) is 0 Å². The van der Waals surface area contributed by atoms with E-state index in [-0.39, 0.29) is 5.69 Å². The van der Waals surface area contributed by atoms with Crippen LogP contribution in [0.3, 0.4) is 0 Å². The monoisotopic (exact) mass is 296 g/mol. The third kappa shape index (κ3) is 2.44. The summed E-state index contributed by atoms with van der Waals surface area (Å²) in [4.78, 5) is 15.0. The third-order valence-corrected chi connectivity index (χ3v) is 3.61. The van der Waals surface area contributed by atoms with Gasteiger partial charge in [0.15, 0.2) is 0 Å². The van der Waals surface area contributed by atoms with Crippen LogP contribution in [0.25, 0.3) is 16.9 Å². The van der Waals surface area contributed by atoms with E-state index in [1.165, 1.54) is 12.1 Å². The summed E-state index contributed by atoms with van der Waals surface area (Å²) >= 11 is 0. The average Bonchev–Trinajstić information content (AvgIpc) is 2.85. The number of nitrogens with two attached hydrogens (primary N) is 1. The number of fused-ring (bicyclic) bond motifs is 1. The fourth-order valence-electron chi connectivity index (χ4n) is 2.55. The molecular formula is C16H16N4O2. The summed E-state index contributed by atoms with van der Waals surface area (Å²) in [5.41, 5.74) is 10.5. The van der Waals surface area contributed by atoms with Crippen LogP contribution in [-0.2, 0) is 6.42 Å². The molecule has 0 fully saturated rings. The van der Waals surface area contributed by atoms with Crippen LogP contribution in [0.4, 0.5) is 5.69 Å². The second-order valence-electron chi connectivity index (χ2n) is 5.18. The molecule has 0 unspecified atom stereocenters. The van der Waals surface area contributed by atoms with Crippen LogP contribution in [0, 0.1) is 17.0 Å². The number of aryl methyl sites for hydroxylation is 1. The third-order valence-electron chi connectivity index (χ3n) is 3.61. The van der Waals surface area contributed by atoms with Gasteiger partial charge in [0, 0.05) is 30.3 Å². The quantitative estimate of drug-likeness (QED) is 0.592. The molecule has 0 amide bonds. The number of imidazole rings is 1. The average molecular weight is 296 g/mol. The molecule has 0 aliphatic rings. The molecular weight excluding hydrogens is 280 g/mol. The normalized spacial score (nSPS) is 11.0. The fourth-order valence-corrected chi connectivity index (χ4v) is 2.55. The Morgan fingerprint density at radius 3 is 2.64 bits per heavy atom. The number of hydrogen-bond donors (Lipinski definition) is 1. The van der Waals surface area contributed by atoms with Gasteiger partial charge in [-0.25, -0.2) is 4.98 Å². The summed E-state index contributed by atoms with van der Waals surface area (Å²) < 4.78 is 2.02. The van der Waals surface area contributed by atoms with Gasteiger partial charge in [-0.2, -0.15) is 0 Å². The lowest BCUT2D eigenvalue weighted by atomic mass is 10.1. The molecule has 0 bridgehead atoms. The van der Waals surface area contributed by atoms with Crippen molar-refractivity contribution < 1.29 is 4.92 Å². The van der Waals surface area contributed by atoms with Gasteiger partial charge >= 0.3 is 0 Å². The second kappa shape index (κ2) is 5.57. The van der Waals surface area contributed by atoms with E-state index < -0.39 is 4.92 Å². The SMILES string of the molecule is Cc1ccn2c(CCN)c(-c3ccc([N+](=O)[O-])cc3)nc2c1. The summed E-state index contributed by atoms with van der Waals surface area (Å²) in [5, 5.41) is 10.8. The van der Waals surface area contributed by atoms with Gasteiger partial charge in [0.1, 0.15) is 5.65 Å². The van der Waals surface area contributed by atoms with Crippen LogP contribution in [0.15, 0.2) is 42.6 Å². The van der Waals surface area contributed by atoms with Crippen molar-refractivity contribution in [1.82, 2.24) is 9.38 Å². The predicted octanol–water partition coefficient (Wildman–Crippen LogP) is 2.72. The highest BCUT2D eigenvalue weighted by molar-refractivity contribution is 5.68. The highest BCUT2D eigenvalue weighted by Crippen LogP contribution is 2.27. The number of hydrogen-bond acceptors (Lipinski definition) is 4. The molecule has 3 aromatic rings. The van der Waals surface area contributed by atoms with Gasteiger partial charge in [-0.05, 0) is 43.3 Å². The highest BCUT2D eigenvalue weighted by Gasteiger charge is 2.14. The fraction of sp³-hybridized carbons (Fsp3) is 0.188. The summed E-state index contributed by atoms with van der Waals surface area (Å²) in [6, 6.07) is 10.5. The highest BCUT2D eigenvalue weighted by atomic mass is 16.6. The van der Waals surface area contributed by atoms with Crippen molar-refractivity contribution in [2.75, 3.05) is 6.54 Å². The first kappa shape index (κ1) is 14.2. The minimum Gasteiger partial charge on any atom is -0.330 e. The number of benzene rings is 1. The van der Waals surface area contributed by atoms with Crippen molar-refractivity contribution in [2.24, 2.45) is 5.73 Å². The standard InChI is InChI=1S/C16H16N4O2/c1-11-7-9-19-14(6-8-17)16(18-15(19)10-11)12-2-4-13(5-3-12)20(21)22/h2-5,7,9-10H,6,8,17H2,1H3. The largest absolute Gasteiger partial charge is 0.330 e. The Balaban J connectivity index is 2.16. The number of rotatable bonds is 4. The topological polar surface area (TPSA) is 86.5 Å². The molecule has 0 saturated carbocycles. The molecule has 112 valence electrons. The van der Waals surface area contributed by atoms with E-state index in [0.29, 0.717) is 13.0 Å². The van der Waals surface area contributed by atoms with Crippen LogP contribution >= 0.6 is 0 Å². The first-order chi connectivity index (χ1) is 10.6. The van der Waals surface area contributed by atoms with Crippen molar-refractivity contribution >= 4 is 11.3 Å². The zero-order valence-electron chi connectivity index (χ0n) is 12.2. The second-order valence-corrected chi connectivity index (χ2v) is 5.18. The van der Waals surface area contributed by atoms with Gasteiger partial charge in [0.2, 0.25) is 0 Å². The molecule has 2 heterocycles. The number of nitro groups is 1. The van der Waals surface area contributed by atoms with Crippen LogP contribution < -0.4 is 5.73 Å². The van der Waals surface area contributed by atoms with E-state index in [4.69, 9.17) is 5.73 Å². The predicted molar refractivity (Wildman–Crippen MR) is 84.8 cm³/mol. The van der Waals surface area contributed by atoms with E-state index >= 15 is 0 Å². The zero-order chi connectivity index (χ0) is 15.7. The van der Waals surface area contributed by atoms with Gasteiger partial charge in [-0.15, -0.1) is 0 Å². The first-order valence-electron chi connectivity index (χ1n) is 7.02. The van der Waals surface area contributed by atoms with Crippen LogP contribution in [0.1, 0.15) is 11.3 Å². The lowest BCUT2D eigenvalue weighted by molar-refractivity contribution is -0.384. The maximum Gasteiger partial charge on any atom is 0.269 e. The number of nitro benzene ring substituents is 1. The minimum absolute atomic E-state index is 0.0729. The molecule has 22 heavy (non-hydrogen) atoms. The van der Waals surface area contributed by atoms with E-state index in [0.717, 1.165) is 28.2 Å². The lowest BCUT2D eigenvalue weighted by Crippen LogP contribution is -2.06. The maximum absolute atomic E-state index is 10.8. The molecule has 0 spiro atoms. The van der Waals surface area contributed by atoms with Gasteiger partial charge in [0.05, 0.1) is 16.3 Å². The number of aromatic nitrogens is 2. The van der Waals surface area contributed by atoms with Crippen LogP contribution in [-0.4, -0.2) is 20.9 Å². The molecule has 0 saturated heterocycles. The number of nitrogens with zero attached hydrogens (tertiary/aromatic N) is 3. The maximum atomic E-state index is 10.8. The Bertz CT molecular complexity index is 837. The van der Waals surface area contributed by atoms with E-state index in [1.54, 1.807) is 12.1 Å². The minimum atomic E-state index is -0.405. The number of non-ortho nitro benzene ring substituents is 1. The Kier molecular flexibility index (Phi) is 3.60. The van der Waals surface area contributed by atoms with Gasteiger partial charge in [0.25, 0.3) is 5.69 Å². The number of pyridine rings is 1. The summed E-state index contributed by atoms with van der Waals surface area (Å²) in [6.45, 7) is 2.53. The molecule has 6 heteroatoms. The first-order valence-corrected chi connectivity index (χ1v) is 7.02. The van der Waals surface area contributed by atoms with E-state index in [1.807, 2.05) is 29.7 Å². The molecule has 0 radical (unpaired) electrons. The summed E-state index contributed by atoms with van der Waals surface area (Å²) in [5.74, 6) is 0. The molecule has 3 rings (SSSR count). The summed E-state index contributed by atoms with van der Waals surface area (Å²) in [6.07, 6.45) is 2.67. The van der Waals surface area contributed by atoms with Crippen LogP contribution in [0.2, 0.25) is 0 Å². The molecule has 2 N–H and O–H groups in total. The van der Waals surface area contributed by atoms with Gasteiger partial charge in [-0.1, -0.05) is 0 Å². The lowest BCUT2D eigenvalue weighted by Gasteiger charge is -2.04. The Morgan fingerprint density at radius 2 is 2.00 bits per heavy atom. The summed E-state index contributed by atoms with van der Waals surface area (Å²) in [7, 11) is 0. The Hall–Kier alpha value is -2.73. The molecule has 0 atom stereocenters. The molecule has 1 aromatic carbocycles. The smallest absolute Gasteiger partial charge is 0.269 e. The van der Waals surface area contributed by atoms with Crippen molar-refractivity contribution in [3.63, 3.8) is 0 Å². The van der Waals surface area contributed by atoms with Gasteiger partial charge in [-0.3, -0.25) is 10.1 Å². The zero-order valence-corrected chi connectivity index (χ0v) is 12.2. The molecule has 2 aromatic heterocycles. The molecule has 0 aliphatic heterocycles. The molecule has 6 nitrogen and oxygen atoms in total. The van der Waals surface area contributed by atoms with Crippen molar-refractivity contribution in [2.45, 2.75) is 13.3 Å². The van der Waals surface area contributed by atoms with E-state index in [2.05, 4.69) is 4.98 Å². The Labute approximate surface area is 127 Å². The van der Waals surface area contributed by atoms with Crippen LogP contribution in [0.5, 0.6) is 0 Å². The van der Waals surface area contributed by atoms with Crippen molar-refractivity contribution in [3.05, 3.63) is 64.0 Å². The van der Waals surface area contributed by atoms with Crippen molar-refractivity contribution in [3.8, 4) is 11.3 Å².